The first kappa shape index (κ1) is 19.5. The minimum atomic E-state index is -1.00. The minimum Gasteiger partial charge on any atom is -0.490 e. The van der Waals surface area contributed by atoms with Crippen LogP contribution in [-0.2, 0) is 4.79 Å². The summed E-state index contributed by atoms with van der Waals surface area (Å²) in [4.78, 5) is 13.4. The van der Waals surface area contributed by atoms with Crippen LogP contribution >= 0.6 is 12.2 Å². The molecule has 2 aliphatic rings. The Labute approximate surface area is 176 Å². The average molecular weight is 412 g/mol. The Bertz CT molecular complexity index is 993. The Morgan fingerprint density at radius 1 is 1.31 bits per heavy atom. The highest BCUT2D eigenvalue weighted by atomic mass is 32.1. The van der Waals surface area contributed by atoms with Gasteiger partial charge in [0, 0.05) is 11.3 Å². The molecule has 2 bridgehead atoms. The fourth-order valence-electron chi connectivity index (χ4n) is 4.16. The topological polar surface area (TPSA) is 71.6 Å². The predicted molar refractivity (Wildman–Crippen MR) is 116 cm³/mol. The van der Waals surface area contributed by atoms with E-state index >= 15 is 0 Å². The van der Waals surface area contributed by atoms with Crippen molar-refractivity contribution in [2.45, 2.75) is 39.5 Å². The van der Waals surface area contributed by atoms with Crippen LogP contribution in [0.1, 0.15) is 36.6 Å². The molecule has 3 N–H and O–H groups in total. The standard InChI is InChI=1S/C22H25N3O3S/c1-5-27-16-8-6-7-14-18-17(22(4,28-19(14)16)25-21(29)24-18)20(26)23-15-10-9-12(2)11-13(15)3/h6-11,17-18H,5H2,1-4H3,(H,23,26)(H2,24,25,29)/t17-,18+,22-/m0/s1. The van der Waals surface area contributed by atoms with Crippen LogP contribution in [0.15, 0.2) is 36.4 Å². The van der Waals surface area contributed by atoms with E-state index in [0.717, 1.165) is 22.4 Å². The smallest absolute Gasteiger partial charge is 0.236 e. The lowest BCUT2D eigenvalue weighted by atomic mass is 9.79. The van der Waals surface area contributed by atoms with E-state index < -0.39 is 11.6 Å². The van der Waals surface area contributed by atoms with Crippen LogP contribution in [0.4, 0.5) is 5.69 Å². The Balaban J connectivity index is 1.73. The number of rotatable bonds is 4. The van der Waals surface area contributed by atoms with Crippen molar-refractivity contribution in [3.63, 3.8) is 0 Å². The summed E-state index contributed by atoms with van der Waals surface area (Å²) >= 11 is 5.38. The lowest BCUT2D eigenvalue weighted by molar-refractivity contribution is -0.132. The second-order valence-electron chi connectivity index (χ2n) is 7.68. The molecule has 1 saturated heterocycles. The molecule has 1 fully saturated rings. The largest absolute Gasteiger partial charge is 0.490 e. The van der Waals surface area contributed by atoms with Gasteiger partial charge in [0.2, 0.25) is 5.91 Å². The van der Waals surface area contributed by atoms with E-state index in [4.69, 9.17) is 21.7 Å². The summed E-state index contributed by atoms with van der Waals surface area (Å²) in [6.07, 6.45) is 0. The molecule has 1 amide bonds. The summed E-state index contributed by atoms with van der Waals surface area (Å²) in [6, 6.07) is 11.3. The van der Waals surface area contributed by atoms with E-state index in [1.165, 1.54) is 0 Å². The molecule has 3 atom stereocenters. The van der Waals surface area contributed by atoms with E-state index in [1.807, 2.05) is 64.1 Å². The number of thiocarbonyl (C=S) groups is 1. The monoisotopic (exact) mass is 411 g/mol. The summed E-state index contributed by atoms with van der Waals surface area (Å²) in [7, 11) is 0. The average Bonchev–Trinajstić information content (AvgIpc) is 2.64. The van der Waals surface area contributed by atoms with Gasteiger partial charge >= 0.3 is 0 Å². The molecule has 0 aromatic heterocycles. The predicted octanol–water partition coefficient (Wildman–Crippen LogP) is 3.58. The van der Waals surface area contributed by atoms with Gasteiger partial charge in [-0.3, -0.25) is 4.79 Å². The highest BCUT2D eigenvalue weighted by molar-refractivity contribution is 7.80. The molecule has 0 unspecified atom stereocenters. The van der Waals surface area contributed by atoms with E-state index in [-0.39, 0.29) is 11.9 Å². The molecule has 2 heterocycles. The van der Waals surface area contributed by atoms with Crippen LogP contribution < -0.4 is 25.4 Å². The molecule has 7 heteroatoms. The van der Waals surface area contributed by atoms with Gasteiger partial charge in [-0.1, -0.05) is 29.8 Å². The molecular formula is C22H25N3O3S. The number of carbonyl (C=O) groups is 1. The van der Waals surface area contributed by atoms with Crippen molar-refractivity contribution in [2.75, 3.05) is 11.9 Å². The van der Waals surface area contributed by atoms with Crippen LogP contribution in [0.3, 0.4) is 0 Å². The first-order chi connectivity index (χ1) is 13.8. The molecule has 0 aliphatic carbocycles. The Morgan fingerprint density at radius 3 is 2.83 bits per heavy atom. The van der Waals surface area contributed by atoms with Gasteiger partial charge in [0.1, 0.15) is 5.92 Å². The van der Waals surface area contributed by atoms with Crippen molar-refractivity contribution in [1.82, 2.24) is 10.6 Å². The van der Waals surface area contributed by atoms with Crippen LogP contribution in [0, 0.1) is 19.8 Å². The van der Waals surface area contributed by atoms with Crippen LogP contribution in [0.5, 0.6) is 11.5 Å². The molecule has 29 heavy (non-hydrogen) atoms. The zero-order chi connectivity index (χ0) is 20.8. The number of carbonyl (C=O) groups excluding carboxylic acids is 1. The van der Waals surface area contributed by atoms with Crippen molar-refractivity contribution < 1.29 is 14.3 Å². The second-order valence-corrected chi connectivity index (χ2v) is 8.09. The van der Waals surface area contributed by atoms with E-state index in [0.29, 0.717) is 23.2 Å². The number of aryl methyl sites for hydroxylation is 2. The van der Waals surface area contributed by atoms with Gasteiger partial charge < -0.3 is 25.4 Å². The summed E-state index contributed by atoms with van der Waals surface area (Å²) in [5, 5.41) is 9.95. The van der Waals surface area contributed by atoms with Crippen molar-refractivity contribution in [2.24, 2.45) is 5.92 Å². The number of para-hydroxylation sites is 1. The molecule has 0 saturated carbocycles. The van der Waals surface area contributed by atoms with Gasteiger partial charge in [-0.2, -0.15) is 0 Å². The van der Waals surface area contributed by atoms with Crippen LogP contribution in [0.25, 0.3) is 0 Å². The number of ether oxygens (including phenoxy) is 2. The molecule has 2 aromatic rings. The van der Waals surface area contributed by atoms with Gasteiger partial charge in [-0.25, -0.2) is 0 Å². The summed E-state index contributed by atoms with van der Waals surface area (Å²) in [6.45, 7) is 8.32. The molecule has 152 valence electrons. The molecule has 0 spiro atoms. The zero-order valence-corrected chi connectivity index (χ0v) is 17.8. The molecular weight excluding hydrogens is 386 g/mol. The first-order valence-electron chi connectivity index (χ1n) is 9.74. The normalized spacial score (nSPS) is 24.5. The molecule has 6 nitrogen and oxygen atoms in total. The summed E-state index contributed by atoms with van der Waals surface area (Å²) < 4.78 is 12.1. The number of hydrogen-bond donors (Lipinski definition) is 3. The maximum atomic E-state index is 13.4. The Hall–Kier alpha value is -2.80. The molecule has 4 rings (SSSR count). The summed E-state index contributed by atoms with van der Waals surface area (Å²) in [5.41, 5.74) is 2.81. The highest BCUT2D eigenvalue weighted by Gasteiger charge is 2.55. The third-order valence-corrected chi connectivity index (χ3v) is 5.68. The number of nitrogens with one attached hydrogen (secondary N) is 3. The van der Waals surface area contributed by atoms with Crippen molar-refractivity contribution in [3.05, 3.63) is 53.1 Å². The maximum absolute atomic E-state index is 13.4. The summed E-state index contributed by atoms with van der Waals surface area (Å²) in [5.74, 6) is 0.615. The van der Waals surface area contributed by atoms with Gasteiger partial charge in [0.25, 0.3) is 0 Å². The van der Waals surface area contributed by atoms with Crippen LogP contribution in [0.2, 0.25) is 0 Å². The van der Waals surface area contributed by atoms with E-state index in [2.05, 4.69) is 16.0 Å². The van der Waals surface area contributed by atoms with Gasteiger partial charge in [0.05, 0.1) is 12.6 Å². The SMILES string of the molecule is CCOc1cccc2c1O[C@]1(C)NC(=S)N[C@H]2[C@H]1C(=O)Nc1ccc(C)cc1C. The number of anilines is 1. The van der Waals surface area contributed by atoms with E-state index in [1.54, 1.807) is 0 Å². The molecule has 0 radical (unpaired) electrons. The number of fused-ring (bicyclic) bond motifs is 4. The van der Waals surface area contributed by atoms with E-state index in [9.17, 15) is 4.79 Å². The molecule has 2 aromatic carbocycles. The highest BCUT2D eigenvalue weighted by Crippen LogP contribution is 2.49. The lowest BCUT2D eigenvalue weighted by Crippen LogP contribution is -2.70. The number of hydrogen-bond acceptors (Lipinski definition) is 4. The third kappa shape index (κ3) is 3.40. The van der Waals surface area contributed by atoms with Gasteiger partial charge in [-0.05, 0) is 57.6 Å². The number of benzene rings is 2. The second kappa shape index (κ2) is 7.22. The quantitative estimate of drug-likeness (QED) is 0.668. The van der Waals surface area contributed by atoms with Crippen molar-refractivity contribution in [1.29, 1.82) is 0 Å². The lowest BCUT2D eigenvalue weighted by Gasteiger charge is -2.50. The zero-order valence-electron chi connectivity index (χ0n) is 17.0. The first-order valence-corrected chi connectivity index (χ1v) is 10.1. The fraction of sp³-hybridized carbons (Fsp3) is 0.364. The van der Waals surface area contributed by atoms with Crippen LogP contribution in [-0.4, -0.2) is 23.4 Å². The van der Waals surface area contributed by atoms with Gasteiger partial charge in [-0.15, -0.1) is 0 Å². The Kier molecular flexibility index (Phi) is 4.86. The third-order valence-electron chi connectivity index (χ3n) is 5.46. The van der Waals surface area contributed by atoms with Gasteiger partial charge in [0.15, 0.2) is 22.3 Å². The minimum absolute atomic E-state index is 0.139. The molecule has 2 aliphatic heterocycles. The Morgan fingerprint density at radius 2 is 2.10 bits per heavy atom. The number of amides is 1. The van der Waals surface area contributed by atoms with Crippen molar-refractivity contribution in [3.8, 4) is 11.5 Å². The van der Waals surface area contributed by atoms with Crippen molar-refractivity contribution >= 4 is 28.9 Å². The maximum Gasteiger partial charge on any atom is 0.236 e. The fourth-order valence-corrected chi connectivity index (χ4v) is 4.49.